The van der Waals surface area contributed by atoms with Crippen LogP contribution in [-0.4, -0.2) is 5.91 Å². The van der Waals surface area contributed by atoms with E-state index in [1.807, 2.05) is 0 Å². The van der Waals surface area contributed by atoms with Crippen LogP contribution >= 0.6 is 19.8 Å². The summed E-state index contributed by atoms with van der Waals surface area (Å²) in [4.78, 5) is 11.7. The molecular formula is C11H14INO3. The number of hydrogen-bond acceptors (Lipinski definition) is 3. The molecule has 0 fully saturated rings. The standard InChI is InChI=1S/C11H14INO3/c1-11(2,3)10(14)13-9-7-5-4-6-8(9)12(15)16/h4-7H,1-3H3,(H,13,14). The van der Waals surface area contributed by atoms with E-state index in [9.17, 15) is 10.9 Å². The summed E-state index contributed by atoms with van der Waals surface area (Å²) in [5, 5.41) is 2.63. The molecule has 0 atom stereocenters. The lowest BCUT2D eigenvalue weighted by Crippen LogP contribution is -2.27. The van der Waals surface area contributed by atoms with E-state index in [2.05, 4.69) is 5.32 Å². The van der Waals surface area contributed by atoms with E-state index in [1.54, 1.807) is 39.0 Å². The van der Waals surface area contributed by atoms with Crippen LogP contribution in [0.25, 0.3) is 0 Å². The third-order valence-electron chi connectivity index (χ3n) is 1.97. The van der Waals surface area contributed by atoms with Crippen molar-refractivity contribution in [3.8, 4) is 0 Å². The van der Waals surface area contributed by atoms with E-state index in [4.69, 9.17) is 0 Å². The molecule has 1 N–H and O–H groups in total. The number of halogens is 1. The van der Waals surface area contributed by atoms with Gasteiger partial charge in [0.1, 0.15) is 0 Å². The zero-order valence-electron chi connectivity index (χ0n) is 9.41. The Kier molecular flexibility index (Phi) is 4.01. The number of nitrogens with one attached hydrogen (secondary N) is 1. The van der Waals surface area contributed by atoms with E-state index in [1.165, 1.54) is 6.07 Å². The van der Waals surface area contributed by atoms with Crippen LogP contribution in [0.3, 0.4) is 0 Å². The summed E-state index contributed by atoms with van der Waals surface area (Å²) in [5.74, 6) is -0.197. The number of anilines is 1. The molecule has 1 rings (SSSR count). The van der Waals surface area contributed by atoms with Crippen LogP contribution in [0.1, 0.15) is 20.8 Å². The van der Waals surface area contributed by atoms with Crippen molar-refractivity contribution >= 4 is 31.4 Å². The minimum atomic E-state index is -3.56. The molecule has 88 valence electrons. The summed E-state index contributed by atoms with van der Waals surface area (Å²) in [7, 11) is 0. The second-order valence-corrected chi connectivity index (χ2v) is 6.80. The van der Waals surface area contributed by atoms with Crippen LogP contribution in [-0.2, 0) is 10.9 Å². The van der Waals surface area contributed by atoms with Gasteiger partial charge in [-0.25, -0.2) is 6.14 Å². The molecule has 0 saturated carbocycles. The molecule has 0 aliphatic heterocycles. The van der Waals surface area contributed by atoms with Gasteiger partial charge in [0.25, 0.3) is 0 Å². The molecule has 5 heteroatoms. The molecule has 0 spiro atoms. The normalized spacial score (nSPS) is 11.5. The first-order valence-electron chi connectivity index (χ1n) is 4.78. The van der Waals surface area contributed by atoms with Crippen LogP contribution < -0.4 is 5.32 Å². The highest BCUT2D eigenvalue weighted by atomic mass is 127. The predicted molar refractivity (Wildman–Crippen MR) is 68.6 cm³/mol. The van der Waals surface area contributed by atoms with Crippen molar-refractivity contribution in [1.82, 2.24) is 0 Å². The molecular weight excluding hydrogens is 321 g/mol. The highest BCUT2D eigenvalue weighted by molar-refractivity contribution is 14.2. The first kappa shape index (κ1) is 13.1. The molecule has 0 saturated heterocycles. The Balaban J connectivity index is 3.03. The maximum Gasteiger partial charge on any atom is 0.342 e. The molecule has 0 heterocycles. The number of amides is 1. The van der Waals surface area contributed by atoms with Crippen LogP contribution in [0.5, 0.6) is 0 Å². The summed E-state index contributed by atoms with van der Waals surface area (Å²) in [6, 6.07) is 6.44. The Morgan fingerprint density at radius 1 is 1.19 bits per heavy atom. The fourth-order valence-corrected chi connectivity index (χ4v) is 2.30. The molecule has 1 amide bonds. The van der Waals surface area contributed by atoms with Gasteiger partial charge in [0.15, 0.2) is 0 Å². The van der Waals surface area contributed by atoms with Crippen molar-refractivity contribution < 1.29 is 10.9 Å². The van der Waals surface area contributed by atoms with Gasteiger partial charge in [-0.15, -0.1) is 0 Å². The van der Waals surface area contributed by atoms with Crippen molar-refractivity contribution in [2.24, 2.45) is 5.41 Å². The van der Waals surface area contributed by atoms with E-state index < -0.39 is 25.2 Å². The van der Waals surface area contributed by atoms with Crippen molar-refractivity contribution in [3.63, 3.8) is 0 Å². The Hall–Kier alpha value is -0.980. The second-order valence-electron chi connectivity index (χ2n) is 4.40. The van der Waals surface area contributed by atoms with Crippen LogP contribution in [0.4, 0.5) is 5.69 Å². The van der Waals surface area contributed by atoms with E-state index in [0.717, 1.165) is 0 Å². The van der Waals surface area contributed by atoms with Crippen LogP contribution in [0, 0.1) is 8.99 Å². The minimum absolute atomic E-state index is 0.197. The summed E-state index contributed by atoms with van der Waals surface area (Å²) >= 11 is -3.56. The number of carbonyl (C=O) groups is 1. The molecule has 0 radical (unpaired) electrons. The quantitative estimate of drug-likeness (QED) is 0.845. The highest BCUT2D eigenvalue weighted by Crippen LogP contribution is 2.27. The second kappa shape index (κ2) is 4.90. The zero-order chi connectivity index (χ0) is 12.3. The topological polar surface area (TPSA) is 63.2 Å². The monoisotopic (exact) mass is 335 g/mol. The fourth-order valence-electron chi connectivity index (χ4n) is 1.01. The Bertz CT molecular complexity index is 464. The van der Waals surface area contributed by atoms with Gasteiger partial charge < -0.3 is 5.32 Å². The van der Waals surface area contributed by atoms with Gasteiger partial charge in [-0.05, 0) is 12.1 Å². The average molecular weight is 335 g/mol. The van der Waals surface area contributed by atoms with E-state index in [0.29, 0.717) is 5.69 Å². The molecule has 0 aromatic heterocycles. The van der Waals surface area contributed by atoms with Gasteiger partial charge in [-0.1, -0.05) is 32.9 Å². The van der Waals surface area contributed by atoms with Crippen molar-refractivity contribution in [1.29, 1.82) is 0 Å². The van der Waals surface area contributed by atoms with Crippen LogP contribution in [0.15, 0.2) is 24.3 Å². The number of carbonyl (C=O) groups excluding carboxylic acids is 1. The maximum atomic E-state index is 11.7. The fraction of sp³-hybridized carbons (Fsp3) is 0.364. The van der Waals surface area contributed by atoms with E-state index in [-0.39, 0.29) is 9.48 Å². The zero-order valence-corrected chi connectivity index (χ0v) is 11.6. The lowest BCUT2D eigenvalue weighted by molar-refractivity contribution is -0.123. The molecule has 0 unspecified atom stereocenters. The molecule has 1 aromatic rings. The van der Waals surface area contributed by atoms with Gasteiger partial charge in [0.2, 0.25) is 5.91 Å². The average Bonchev–Trinajstić information content (AvgIpc) is 2.16. The van der Waals surface area contributed by atoms with Gasteiger partial charge >= 0.3 is 19.8 Å². The number of hydrogen-bond donors (Lipinski definition) is 1. The summed E-state index contributed by atoms with van der Waals surface area (Å²) in [5.41, 5.74) is -0.171. The SMILES string of the molecule is CC(C)(C)C(=O)Nc1ccccc1I(=O)=O. The van der Waals surface area contributed by atoms with Crippen molar-refractivity contribution in [2.75, 3.05) is 5.32 Å². The molecule has 0 aliphatic rings. The lowest BCUT2D eigenvalue weighted by atomic mass is 9.95. The summed E-state index contributed by atoms with van der Waals surface area (Å²) in [6.07, 6.45) is 0. The Labute approximate surface area is 102 Å². The van der Waals surface area contributed by atoms with Crippen molar-refractivity contribution in [3.05, 3.63) is 27.8 Å². The minimum Gasteiger partial charge on any atom is -0.325 e. The predicted octanol–water partition coefficient (Wildman–Crippen LogP) is 3.04. The molecule has 4 nitrogen and oxygen atoms in total. The Morgan fingerprint density at radius 3 is 2.25 bits per heavy atom. The molecule has 0 bridgehead atoms. The summed E-state index contributed by atoms with van der Waals surface area (Å²) < 4.78 is 22.3. The van der Waals surface area contributed by atoms with Gasteiger partial charge in [0, 0.05) is 5.41 Å². The third kappa shape index (κ3) is 3.26. The number of para-hydroxylation sites is 1. The largest absolute Gasteiger partial charge is 0.342 e. The number of benzene rings is 1. The third-order valence-corrected chi connectivity index (χ3v) is 3.86. The Morgan fingerprint density at radius 2 is 1.75 bits per heavy atom. The van der Waals surface area contributed by atoms with Gasteiger partial charge in [0.05, 0.1) is 9.26 Å². The van der Waals surface area contributed by atoms with E-state index >= 15 is 0 Å². The number of rotatable bonds is 2. The van der Waals surface area contributed by atoms with Gasteiger partial charge in [-0.3, -0.25) is 4.79 Å². The maximum absolute atomic E-state index is 11.7. The van der Waals surface area contributed by atoms with Crippen LogP contribution in [0.2, 0.25) is 0 Å². The van der Waals surface area contributed by atoms with Crippen molar-refractivity contribution in [2.45, 2.75) is 20.8 Å². The first-order chi connectivity index (χ1) is 7.32. The smallest absolute Gasteiger partial charge is 0.325 e. The first-order valence-corrected chi connectivity index (χ1v) is 7.62. The lowest BCUT2D eigenvalue weighted by Gasteiger charge is -2.18. The molecule has 0 aliphatic carbocycles. The molecule has 1 aromatic carbocycles. The summed E-state index contributed by atoms with van der Waals surface area (Å²) in [6.45, 7) is 5.32. The molecule has 16 heavy (non-hydrogen) atoms. The van der Waals surface area contributed by atoms with Gasteiger partial charge in [-0.2, -0.15) is 0 Å². The highest BCUT2D eigenvalue weighted by Gasteiger charge is 2.22.